The predicted molar refractivity (Wildman–Crippen MR) is 104 cm³/mol. The minimum atomic E-state index is -0.842. The van der Waals surface area contributed by atoms with E-state index in [1.54, 1.807) is 31.4 Å². The molecule has 2 heterocycles. The van der Waals surface area contributed by atoms with Gasteiger partial charge in [-0.2, -0.15) is 0 Å². The fraction of sp³-hybridized carbons (Fsp3) is 0.318. The van der Waals surface area contributed by atoms with Crippen molar-refractivity contribution in [2.45, 2.75) is 31.5 Å². The van der Waals surface area contributed by atoms with Crippen LogP contribution in [0, 0.1) is 0 Å². The molecule has 0 radical (unpaired) electrons. The predicted octanol–water partition coefficient (Wildman–Crippen LogP) is 2.21. The van der Waals surface area contributed by atoms with E-state index >= 15 is 0 Å². The Morgan fingerprint density at radius 1 is 1.17 bits per heavy atom. The molecule has 0 aromatic heterocycles. The molecular weight excluding hydrogens is 372 g/mol. The second-order valence-corrected chi connectivity index (χ2v) is 7.09. The van der Waals surface area contributed by atoms with Crippen LogP contribution in [0.5, 0.6) is 5.75 Å². The summed E-state index contributed by atoms with van der Waals surface area (Å²) in [6.45, 7) is 0.449. The molecule has 7 nitrogen and oxygen atoms in total. The SMILES string of the molecule is COc1ccc(CCNC(=O)[C@@H]2CCC(=O)N2[C@@H]2OC(=O)c3ccccc32)cc1. The van der Waals surface area contributed by atoms with Crippen LogP contribution in [0.15, 0.2) is 48.5 Å². The summed E-state index contributed by atoms with van der Waals surface area (Å²) in [7, 11) is 1.61. The molecule has 0 unspecified atom stereocenters. The first-order valence-electron chi connectivity index (χ1n) is 9.60. The van der Waals surface area contributed by atoms with E-state index in [2.05, 4.69) is 5.32 Å². The highest BCUT2D eigenvalue weighted by atomic mass is 16.6. The molecular formula is C22H22N2O5. The van der Waals surface area contributed by atoms with Gasteiger partial charge in [-0.15, -0.1) is 0 Å². The fourth-order valence-electron chi connectivity index (χ4n) is 3.83. The minimum Gasteiger partial charge on any atom is -0.497 e. The lowest BCUT2D eigenvalue weighted by molar-refractivity contribution is -0.145. The molecule has 2 atom stereocenters. The Morgan fingerprint density at radius 3 is 2.69 bits per heavy atom. The topological polar surface area (TPSA) is 84.9 Å². The molecule has 0 bridgehead atoms. The number of nitrogens with one attached hydrogen (secondary N) is 1. The van der Waals surface area contributed by atoms with Crippen molar-refractivity contribution in [1.29, 1.82) is 0 Å². The van der Waals surface area contributed by atoms with Gasteiger partial charge in [0.25, 0.3) is 0 Å². The maximum absolute atomic E-state index is 12.8. The summed E-state index contributed by atoms with van der Waals surface area (Å²) in [4.78, 5) is 38.8. The highest BCUT2D eigenvalue weighted by Gasteiger charge is 2.46. The fourth-order valence-corrected chi connectivity index (χ4v) is 3.83. The summed E-state index contributed by atoms with van der Waals surface area (Å²) in [5.74, 6) is -0.104. The van der Waals surface area contributed by atoms with Crippen molar-refractivity contribution >= 4 is 17.8 Å². The Labute approximate surface area is 168 Å². The summed E-state index contributed by atoms with van der Waals surface area (Å²) < 4.78 is 10.6. The zero-order valence-electron chi connectivity index (χ0n) is 16.1. The number of carbonyl (C=O) groups is 3. The number of benzene rings is 2. The first-order chi connectivity index (χ1) is 14.1. The van der Waals surface area contributed by atoms with Crippen molar-refractivity contribution in [3.8, 4) is 5.75 Å². The Bertz CT molecular complexity index is 940. The first-order valence-corrected chi connectivity index (χ1v) is 9.60. The van der Waals surface area contributed by atoms with Gasteiger partial charge in [-0.05, 0) is 36.6 Å². The molecule has 0 aliphatic carbocycles. The normalized spacial score (nSPS) is 20.4. The van der Waals surface area contributed by atoms with E-state index in [4.69, 9.17) is 9.47 Å². The maximum atomic E-state index is 12.8. The summed E-state index contributed by atoms with van der Waals surface area (Å²) >= 11 is 0. The molecule has 2 aromatic carbocycles. The lowest BCUT2D eigenvalue weighted by atomic mass is 10.1. The molecule has 1 saturated heterocycles. The molecule has 2 aliphatic heterocycles. The molecule has 0 spiro atoms. The second kappa shape index (κ2) is 7.95. The average Bonchev–Trinajstić information content (AvgIpc) is 3.28. The van der Waals surface area contributed by atoms with Crippen molar-refractivity contribution in [1.82, 2.24) is 10.2 Å². The molecule has 2 aliphatic rings. The van der Waals surface area contributed by atoms with E-state index in [0.717, 1.165) is 11.3 Å². The number of esters is 1. The van der Waals surface area contributed by atoms with Crippen LogP contribution in [0.4, 0.5) is 0 Å². The summed E-state index contributed by atoms with van der Waals surface area (Å²) in [5, 5.41) is 2.91. The summed E-state index contributed by atoms with van der Waals surface area (Å²) in [6.07, 6.45) is 0.486. The maximum Gasteiger partial charge on any atom is 0.340 e. The van der Waals surface area contributed by atoms with Gasteiger partial charge in [0.15, 0.2) is 0 Å². The van der Waals surface area contributed by atoms with Crippen LogP contribution in [0.1, 0.15) is 40.6 Å². The van der Waals surface area contributed by atoms with Crippen molar-refractivity contribution < 1.29 is 23.9 Å². The number of likely N-dealkylation sites (tertiary alicyclic amines) is 1. The van der Waals surface area contributed by atoms with Crippen molar-refractivity contribution in [3.63, 3.8) is 0 Å². The summed E-state index contributed by atoms with van der Waals surface area (Å²) in [5.41, 5.74) is 2.14. The zero-order valence-corrected chi connectivity index (χ0v) is 16.1. The van der Waals surface area contributed by atoms with Crippen LogP contribution in [0.25, 0.3) is 0 Å². The number of ether oxygens (including phenoxy) is 2. The number of methoxy groups -OCH3 is 1. The molecule has 29 heavy (non-hydrogen) atoms. The smallest absolute Gasteiger partial charge is 0.340 e. The standard InChI is InChI=1S/C22H22N2O5/c1-28-15-8-6-14(7-9-15)12-13-23-20(26)18-10-11-19(25)24(18)21-16-4-2-3-5-17(16)22(27)29-21/h2-9,18,21H,10-13H2,1H3,(H,23,26)/t18-,21+/m0/s1. The highest BCUT2D eigenvalue weighted by molar-refractivity contribution is 5.96. The zero-order chi connectivity index (χ0) is 20.4. The molecule has 1 fully saturated rings. The molecule has 2 aromatic rings. The average molecular weight is 394 g/mol. The quantitative estimate of drug-likeness (QED) is 0.760. The van der Waals surface area contributed by atoms with E-state index in [1.165, 1.54) is 4.90 Å². The molecule has 2 amide bonds. The van der Waals surface area contributed by atoms with Crippen LogP contribution in [-0.4, -0.2) is 42.4 Å². The molecule has 4 rings (SSSR count). The third-order valence-corrected chi connectivity index (χ3v) is 5.35. The van der Waals surface area contributed by atoms with Crippen LogP contribution >= 0.6 is 0 Å². The van der Waals surface area contributed by atoms with E-state index in [0.29, 0.717) is 30.5 Å². The Morgan fingerprint density at radius 2 is 1.93 bits per heavy atom. The lowest BCUT2D eigenvalue weighted by Crippen LogP contribution is -2.46. The van der Waals surface area contributed by atoms with Gasteiger partial charge in [0, 0.05) is 18.5 Å². The van der Waals surface area contributed by atoms with Crippen molar-refractivity contribution in [3.05, 3.63) is 65.2 Å². The Balaban J connectivity index is 1.41. The largest absolute Gasteiger partial charge is 0.497 e. The number of nitrogens with zero attached hydrogens (tertiary/aromatic N) is 1. The highest BCUT2D eigenvalue weighted by Crippen LogP contribution is 2.38. The number of hydrogen-bond donors (Lipinski definition) is 1. The van der Waals surface area contributed by atoms with E-state index < -0.39 is 18.2 Å². The minimum absolute atomic E-state index is 0.185. The van der Waals surface area contributed by atoms with Gasteiger partial charge < -0.3 is 14.8 Å². The molecule has 1 N–H and O–H groups in total. The number of rotatable bonds is 6. The van der Waals surface area contributed by atoms with Gasteiger partial charge >= 0.3 is 5.97 Å². The molecule has 150 valence electrons. The van der Waals surface area contributed by atoms with Gasteiger partial charge in [-0.25, -0.2) is 4.79 Å². The monoisotopic (exact) mass is 394 g/mol. The van der Waals surface area contributed by atoms with E-state index in [1.807, 2.05) is 24.3 Å². The van der Waals surface area contributed by atoms with E-state index in [-0.39, 0.29) is 18.2 Å². The Hall–Kier alpha value is -3.35. The third kappa shape index (κ3) is 3.68. The number of hydrogen-bond acceptors (Lipinski definition) is 5. The van der Waals surface area contributed by atoms with Crippen LogP contribution < -0.4 is 10.1 Å². The summed E-state index contributed by atoms with van der Waals surface area (Å²) in [6, 6.07) is 14.0. The lowest BCUT2D eigenvalue weighted by Gasteiger charge is -2.29. The van der Waals surface area contributed by atoms with Crippen LogP contribution in [0.3, 0.4) is 0 Å². The second-order valence-electron chi connectivity index (χ2n) is 7.09. The Kier molecular flexibility index (Phi) is 5.20. The number of amides is 2. The molecule has 0 saturated carbocycles. The van der Waals surface area contributed by atoms with Crippen molar-refractivity contribution in [2.75, 3.05) is 13.7 Å². The third-order valence-electron chi connectivity index (χ3n) is 5.35. The van der Waals surface area contributed by atoms with Crippen LogP contribution in [0.2, 0.25) is 0 Å². The number of cyclic esters (lactones) is 1. The van der Waals surface area contributed by atoms with Gasteiger partial charge in [-0.1, -0.05) is 30.3 Å². The van der Waals surface area contributed by atoms with Gasteiger partial charge in [-0.3, -0.25) is 14.5 Å². The van der Waals surface area contributed by atoms with Crippen molar-refractivity contribution in [2.24, 2.45) is 0 Å². The van der Waals surface area contributed by atoms with Crippen LogP contribution in [-0.2, 0) is 20.7 Å². The van der Waals surface area contributed by atoms with Gasteiger partial charge in [0.2, 0.25) is 18.0 Å². The van der Waals surface area contributed by atoms with Gasteiger partial charge in [0.05, 0.1) is 12.7 Å². The number of fused-ring (bicyclic) bond motifs is 1. The van der Waals surface area contributed by atoms with Gasteiger partial charge in [0.1, 0.15) is 11.8 Å². The molecule has 7 heteroatoms. The first kappa shape index (κ1) is 19.0. The number of carbonyl (C=O) groups excluding carboxylic acids is 3. The van der Waals surface area contributed by atoms with E-state index in [9.17, 15) is 14.4 Å².